The lowest BCUT2D eigenvalue weighted by Gasteiger charge is -2.12. The Morgan fingerprint density at radius 1 is 1.14 bits per heavy atom. The Kier molecular flexibility index (Phi) is 6.23. The van der Waals surface area contributed by atoms with Crippen LogP contribution in [0, 0.1) is 0 Å². The van der Waals surface area contributed by atoms with Gasteiger partial charge in [-0.3, -0.25) is 0 Å². The van der Waals surface area contributed by atoms with Gasteiger partial charge in [0.2, 0.25) is 5.95 Å². The molecular formula is C19H18ClN5O3. The van der Waals surface area contributed by atoms with E-state index in [0.717, 1.165) is 0 Å². The zero-order valence-electron chi connectivity index (χ0n) is 15.3. The van der Waals surface area contributed by atoms with Crippen LogP contribution in [0.4, 0.5) is 23.1 Å². The Labute approximate surface area is 166 Å². The number of esters is 1. The molecule has 28 heavy (non-hydrogen) atoms. The first-order valence-electron chi connectivity index (χ1n) is 8.44. The van der Waals surface area contributed by atoms with E-state index in [2.05, 4.69) is 25.8 Å². The van der Waals surface area contributed by atoms with Gasteiger partial charge in [-0.25, -0.2) is 4.79 Å². The molecule has 144 valence electrons. The molecule has 0 saturated heterocycles. The molecule has 0 aliphatic rings. The molecule has 3 aromatic rings. The third kappa shape index (κ3) is 4.66. The third-order valence-electron chi connectivity index (χ3n) is 3.65. The number of halogens is 1. The van der Waals surface area contributed by atoms with Gasteiger partial charge in [-0.1, -0.05) is 23.7 Å². The van der Waals surface area contributed by atoms with Crippen LogP contribution in [-0.4, -0.2) is 34.9 Å². The maximum absolute atomic E-state index is 12.1. The molecule has 3 rings (SSSR count). The number of hydrogen-bond acceptors (Lipinski definition) is 8. The summed E-state index contributed by atoms with van der Waals surface area (Å²) in [5, 5.41) is 14.5. The molecule has 2 N–H and O–H groups in total. The van der Waals surface area contributed by atoms with Crippen LogP contribution in [0.25, 0.3) is 0 Å². The molecule has 0 unspecified atom stereocenters. The summed E-state index contributed by atoms with van der Waals surface area (Å²) in [6, 6.07) is 12.1. The number of aromatic nitrogens is 3. The van der Waals surface area contributed by atoms with Gasteiger partial charge in [-0.05, 0) is 37.3 Å². The Morgan fingerprint density at radius 2 is 1.96 bits per heavy atom. The van der Waals surface area contributed by atoms with Gasteiger partial charge in [0.1, 0.15) is 5.75 Å². The minimum atomic E-state index is -0.434. The van der Waals surface area contributed by atoms with E-state index in [4.69, 9.17) is 21.1 Å². The van der Waals surface area contributed by atoms with E-state index >= 15 is 0 Å². The van der Waals surface area contributed by atoms with Crippen molar-refractivity contribution in [2.45, 2.75) is 6.92 Å². The molecular weight excluding hydrogens is 382 g/mol. The van der Waals surface area contributed by atoms with Gasteiger partial charge < -0.3 is 20.1 Å². The maximum atomic E-state index is 12.1. The third-order valence-corrected chi connectivity index (χ3v) is 3.89. The lowest BCUT2D eigenvalue weighted by atomic mass is 10.2. The van der Waals surface area contributed by atoms with Crippen molar-refractivity contribution in [1.29, 1.82) is 0 Å². The first-order valence-corrected chi connectivity index (χ1v) is 8.82. The highest BCUT2D eigenvalue weighted by molar-refractivity contribution is 6.31. The summed E-state index contributed by atoms with van der Waals surface area (Å²) >= 11 is 6.05. The summed E-state index contributed by atoms with van der Waals surface area (Å²) in [5.41, 5.74) is 1.52. The number of carbonyl (C=O) groups excluding carboxylic acids is 1. The fourth-order valence-electron chi connectivity index (χ4n) is 2.43. The summed E-state index contributed by atoms with van der Waals surface area (Å²) in [6.07, 6.45) is 1.46. The van der Waals surface area contributed by atoms with Crippen LogP contribution in [0.15, 0.2) is 48.7 Å². The summed E-state index contributed by atoms with van der Waals surface area (Å²) in [7, 11) is 1.56. The number of nitrogens with one attached hydrogen (secondary N) is 2. The van der Waals surface area contributed by atoms with Crippen molar-refractivity contribution in [1.82, 2.24) is 15.2 Å². The van der Waals surface area contributed by atoms with E-state index < -0.39 is 5.97 Å². The highest BCUT2D eigenvalue weighted by Crippen LogP contribution is 2.30. The Morgan fingerprint density at radius 3 is 2.75 bits per heavy atom. The lowest BCUT2D eigenvalue weighted by molar-refractivity contribution is 0.0527. The van der Waals surface area contributed by atoms with E-state index in [-0.39, 0.29) is 12.6 Å². The number of rotatable bonds is 7. The molecule has 0 saturated carbocycles. The Balaban J connectivity index is 1.84. The molecule has 0 radical (unpaired) electrons. The van der Waals surface area contributed by atoms with Crippen molar-refractivity contribution >= 4 is 40.7 Å². The number of para-hydroxylation sites is 1. The van der Waals surface area contributed by atoms with Gasteiger partial charge in [-0.2, -0.15) is 10.1 Å². The van der Waals surface area contributed by atoms with Gasteiger partial charge in [-0.15, -0.1) is 5.10 Å². The van der Waals surface area contributed by atoms with Gasteiger partial charge >= 0.3 is 5.97 Å². The number of nitrogens with zero attached hydrogens (tertiary/aromatic N) is 3. The van der Waals surface area contributed by atoms with Crippen molar-refractivity contribution in [3.05, 3.63) is 59.2 Å². The second kappa shape index (κ2) is 9.01. The van der Waals surface area contributed by atoms with Gasteiger partial charge in [0.25, 0.3) is 0 Å². The van der Waals surface area contributed by atoms with Crippen LogP contribution in [0.2, 0.25) is 5.02 Å². The number of anilines is 4. The molecule has 8 nitrogen and oxygen atoms in total. The zero-order valence-corrected chi connectivity index (χ0v) is 16.0. The number of benzene rings is 2. The second-order valence-electron chi connectivity index (χ2n) is 5.53. The SMILES string of the molecule is CCOC(=O)c1ccccc1Nc1nncc(Nc2cc(Cl)ccc2OC)n1. The fraction of sp³-hybridized carbons (Fsp3) is 0.158. The maximum Gasteiger partial charge on any atom is 0.340 e. The van der Waals surface area contributed by atoms with Crippen LogP contribution in [0.5, 0.6) is 5.75 Å². The molecule has 0 spiro atoms. The molecule has 9 heteroatoms. The second-order valence-corrected chi connectivity index (χ2v) is 5.96. The molecule has 1 heterocycles. The molecule has 0 bridgehead atoms. The van der Waals surface area contributed by atoms with Crippen LogP contribution < -0.4 is 15.4 Å². The molecule has 1 aromatic heterocycles. The Bertz CT molecular complexity index is 983. The first kappa shape index (κ1) is 19.4. The number of ether oxygens (including phenoxy) is 2. The minimum absolute atomic E-state index is 0.211. The van der Waals surface area contributed by atoms with Crippen LogP contribution >= 0.6 is 11.6 Å². The fourth-order valence-corrected chi connectivity index (χ4v) is 2.60. The van der Waals surface area contributed by atoms with Gasteiger partial charge in [0.05, 0.1) is 36.9 Å². The highest BCUT2D eigenvalue weighted by Gasteiger charge is 2.13. The normalized spacial score (nSPS) is 10.2. The van der Waals surface area contributed by atoms with Gasteiger partial charge in [0.15, 0.2) is 5.82 Å². The summed E-state index contributed by atoms with van der Waals surface area (Å²) in [6.45, 7) is 2.03. The topological polar surface area (TPSA) is 98.3 Å². The zero-order chi connectivity index (χ0) is 19.9. The lowest BCUT2D eigenvalue weighted by Crippen LogP contribution is -2.09. The van der Waals surface area contributed by atoms with Crippen molar-refractivity contribution in [3.8, 4) is 5.75 Å². The standard InChI is InChI=1S/C19H18ClN5O3/c1-3-28-18(26)13-6-4-5-7-14(13)23-19-24-17(11-21-25-19)22-15-10-12(20)8-9-16(15)27-2/h4-11H,3H2,1-2H3,(H2,22,23,24,25). The van der Waals surface area contributed by atoms with Crippen LogP contribution in [0.3, 0.4) is 0 Å². The molecule has 0 amide bonds. The largest absolute Gasteiger partial charge is 0.495 e. The Hall–Kier alpha value is -3.39. The molecule has 0 aliphatic heterocycles. The number of carbonyl (C=O) groups is 1. The first-order chi connectivity index (χ1) is 13.6. The quantitative estimate of drug-likeness (QED) is 0.570. The number of methoxy groups -OCH3 is 1. The number of hydrogen-bond donors (Lipinski definition) is 2. The minimum Gasteiger partial charge on any atom is -0.495 e. The van der Waals surface area contributed by atoms with Crippen molar-refractivity contribution in [2.24, 2.45) is 0 Å². The smallest absolute Gasteiger partial charge is 0.340 e. The van der Waals surface area contributed by atoms with Crippen LogP contribution in [0.1, 0.15) is 17.3 Å². The van der Waals surface area contributed by atoms with Crippen molar-refractivity contribution < 1.29 is 14.3 Å². The van der Waals surface area contributed by atoms with E-state index in [1.54, 1.807) is 56.5 Å². The predicted octanol–water partition coefficient (Wildman–Crippen LogP) is 4.20. The van der Waals surface area contributed by atoms with Gasteiger partial charge in [0, 0.05) is 5.02 Å². The average Bonchev–Trinajstić information content (AvgIpc) is 2.69. The molecule has 0 atom stereocenters. The molecule has 0 fully saturated rings. The van der Waals surface area contributed by atoms with Crippen molar-refractivity contribution in [2.75, 3.05) is 24.4 Å². The predicted molar refractivity (Wildman–Crippen MR) is 107 cm³/mol. The monoisotopic (exact) mass is 399 g/mol. The summed E-state index contributed by atoms with van der Waals surface area (Å²) in [5.74, 6) is 0.802. The van der Waals surface area contributed by atoms with Crippen LogP contribution in [-0.2, 0) is 4.74 Å². The summed E-state index contributed by atoms with van der Waals surface area (Å²) < 4.78 is 10.4. The van der Waals surface area contributed by atoms with E-state index in [0.29, 0.717) is 33.5 Å². The van der Waals surface area contributed by atoms with E-state index in [1.165, 1.54) is 6.20 Å². The van der Waals surface area contributed by atoms with Crippen molar-refractivity contribution in [3.63, 3.8) is 0 Å². The molecule has 2 aromatic carbocycles. The van der Waals surface area contributed by atoms with E-state index in [9.17, 15) is 4.79 Å². The molecule has 0 aliphatic carbocycles. The highest BCUT2D eigenvalue weighted by atomic mass is 35.5. The van der Waals surface area contributed by atoms with E-state index in [1.807, 2.05) is 0 Å². The average molecular weight is 400 g/mol. The summed E-state index contributed by atoms with van der Waals surface area (Å²) in [4.78, 5) is 16.5.